The first-order chi connectivity index (χ1) is 9.43. The largest absolute Gasteiger partial charge is 0.383 e. The van der Waals surface area contributed by atoms with Crippen LogP contribution in [0.5, 0.6) is 0 Å². The number of nitrogens with zero attached hydrogens (tertiary/aromatic N) is 2. The SMILES string of the molecule is CNc1c(F)cc(C(=O)N2CCN(C)CC2C)cc1F. The van der Waals surface area contributed by atoms with Gasteiger partial charge in [0, 0.05) is 38.3 Å². The molecule has 2 rings (SSSR count). The highest BCUT2D eigenvalue weighted by Gasteiger charge is 2.27. The molecule has 20 heavy (non-hydrogen) atoms. The van der Waals surface area contributed by atoms with Gasteiger partial charge in [-0.25, -0.2) is 8.78 Å². The fourth-order valence-corrected chi connectivity index (χ4v) is 2.54. The minimum Gasteiger partial charge on any atom is -0.383 e. The zero-order chi connectivity index (χ0) is 14.9. The van der Waals surface area contributed by atoms with Crippen molar-refractivity contribution < 1.29 is 13.6 Å². The molecule has 0 bridgehead atoms. The minimum absolute atomic E-state index is 0.0244. The van der Waals surface area contributed by atoms with Gasteiger partial charge in [-0.15, -0.1) is 0 Å². The van der Waals surface area contributed by atoms with E-state index in [2.05, 4.69) is 10.2 Å². The Hall–Kier alpha value is -1.69. The standard InChI is InChI=1S/C14H19F2N3O/c1-9-8-18(3)4-5-19(9)14(20)10-6-11(15)13(17-2)12(16)7-10/h6-7,9,17H,4-5,8H2,1-3H3. The molecule has 0 saturated carbocycles. The average Bonchev–Trinajstić information content (AvgIpc) is 2.37. The highest BCUT2D eigenvalue weighted by molar-refractivity contribution is 5.95. The van der Waals surface area contributed by atoms with Crippen LogP contribution in [-0.2, 0) is 0 Å². The summed E-state index contributed by atoms with van der Waals surface area (Å²) in [7, 11) is 3.42. The van der Waals surface area contributed by atoms with E-state index in [4.69, 9.17) is 0 Å². The van der Waals surface area contributed by atoms with Crippen LogP contribution < -0.4 is 5.32 Å². The molecule has 1 aliphatic heterocycles. The molecular formula is C14H19F2N3O. The molecule has 1 atom stereocenters. The second-order valence-electron chi connectivity index (χ2n) is 5.17. The fraction of sp³-hybridized carbons (Fsp3) is 0.500. The van der Waals surface area contributed by atoms with Gasteiger partial charge in [0.2, 0.25) is 0 Å². The number of nitrogens with one attached hydrogen (secondary N) is 1. The molecule has 1 saturated heterocycles. The summed E-state index contributed by atoms with van der Waals surface area (Å²) < 4.78 is 27.4. The monoisotopic (exact) mass is 283 g/mol. The first-order valence-corrected chi connectivity index (χ1v) is 6.60. The molecule has 4 nitrogen and oxygen atoms in total. The number of carbonyl (C=O) groups excluding carboxylic acids is 1. The Morgan fingerprint density at radius 2 is 1.90 bits per heavy atom. The Morgan fingerprint density at radius 3 is 2.40 bits per heavy atom. The van der Waals surface area contributed by atoms with E-state index in [9.17, 15) is 13.6 Å². The van der Waals surface area contributed by atoms with E-state index in [1.165, 1.54) is 7.05 Å². The van der Waals surface area contributed by atoms with Gasteiger partial charge in [0.25, 0.3) is 5.91 Å². The number of piperazine rings is 1. The highest BCUT2D eigenvalue weighted by Crippen LogP contribution is 2.22. The third-order valence-corrected chi connectivity index (χ3v) is 3.63. The van der Waals surface area contributed by atoms with E-state index in [-0.39, 0.29) is 23.2 Å². The van der Waals surface area contributed by atoms with Crippen molar-refractivity contribution in [1.29, 1.82) is 0 Å². The normalized spacial score (nSPS) is 20.1. The molecule has 1 fully saturated rings. The predicted molar refractivity (Wildman–Crippen MR) is 73.9 cm³/mol. The summed E-state index contributed by atoms with van der Waals surface area (Å²) in [5.74, 6) is -1.83. The van der Waals surface area contributed by atoms with Crippen molar-refractivity contribution in [2.45, 2.75) is 13.0 Å². The zero-order valence-corrected chi connectivity index (χ0v) is 11.9. The molecule has 6 heteroatoms. The lowest BCUT2D eigenvalue weighted by atomic mass is 10.1. The summed E-state index contributed by atoms with van der Waals surface area (Å²) >= 11 is 0. The lowest BCUT2D eigenvalue weighted by Gasteiger charge is -2.38. The van der Waals surface area contributed by atoms with Crippen LogP contribution in [0.25, 0.3) is 0 Å². The van der Waals surface area contributed by atoms with Crippen molar-refractivity contribution in [2.24, 2.45) is 0 Å². The lowest BCUT2D eigenvalue weighted by Crippen LogP contribution is -2.52. The molecule has 0 radical (unpaired) electrons. The fourth-order valence-electron chi connectivity index (χ4n) is 2.54. The van der Waals surface area contributed by atoms with Gasteiger partial charge in [-0.1, -0.05) is 0 Å². The van der Waals surface area contributed by atoms with E-state index in [0.29, 0.717) is 6.54 Å². The van der Waals surface area contributed by atoms with Crippen LogP contribution in [0.15, 0.2) is 12.1 Å². The smallest absolute Gasteiger partial charge is 0.254 e. The van der Waals surface area contributed by atoms with Gasteiger partial charge >= 0.3 is 0 Å². The maximum absolute atomic E-state index is 13.7. The van der Waals surface area contributed by atoms with Gasteiger partial charge < -0.3 is 15.1 Å². The molecular weight excluding hydrogens is 264 g/mol. The Balaban J connectivity index is 2.25. The van der Waals surface area contributed by atoms with Gasteiger partial charge in [-0.2, -0.15) is 0 Å². The quantitative estimate of drug-likeness (QED) is 0.898. The minimum atomic E-state index is -0.752. The maximum Gasteiger partial charge on any atom is 0.254 e. The third-order valence-electron chi connectivity index (χ3n) is 3.63. The molecule has 0 spiro atoms. The molecule has 0 aliphatic carbocycles. The van der Waals surface area contributed by atoms with Crippen LogP contribution in [0.4, 0.5) is 14.5 Å². The van der Waals surface area contributed by atoms with Crippen molar-refractivity contribution in [3.8, 4) is 0 Å². The highest BCUT2D eigenvalue weighted by atomic mass is 19.1. The van der Waals surface area contributed by atoms with Crippen molar-refractivity contribution in [1.82, 2.24) is 9.80 Å². The van der Waals surface area contributed by atoms with E-state index in [1.807, 2.05) is 14.0 Å². The summed E-state index contributed by atoms with van der Waals surface area (Å²) in [6.07, 6.45) is 0. The first kappa shape index (κ1) is 14.7. The zero-order valence-electron chi connectivity index (χ0n) is 11.9. The molecule has 1 unspecified atom stereocenters. The van der Waals surface area contributed by atoms with E-state index in [1.54, 1.807) is 4.90 Å². The molecule has 110 valence electrons. The number of hydrogen-bond donors (Lipinski definition) is 1. The Morgan fingerprint density at radius 1 is 1.30 bits per heavy atom. The summed E-state index contributed by atoms with van der Waals surface area (Å²) in [6.45, 7) is 4.01. The molecule has 1 heterocycles. The second-order valence-corrected chi connectivity index (χ2v) is 5.17. The van der Waals surface area contributed by atoms with Gasteiger partial charge in [-0.05, 0) is 26.1 Å². The van der Waals surface area contributed by atoms with Crippen LogP contribution in [0.3, 0.4) is 0 Å². The maximum atomic E-state index is 13.7. The number of amides is 1. The number of anilines is 1. The van der Waals surface area contributed by atoms with Crippen LogP contribution in [-0.4, -0.2) is 55.5 Å². The number of hydrogen-bond acceptors (Lipinski definition) is 3. The van der Waals surface area contributed by atoms with Crippen molar-refractivity contribution >= 4 is 11.6 Å². The van der Waals surface area contributed by atoms with Crippen molar-refractivity contribution in [3.05, 3.63) is 29.3 Å². The van der Waals surface area contributed by atoms with E-state index in [0.717, 1.165) is 25.2 Å². The first-order valence-electron chi connectivity index (χ1n) is 6.60. The van der Waals surface area contributed by atoms with E-state index < -0.39 is 11.6 Å². The topological polar surface area (TPSA) is 35.6 Å². The van der Waals surface area contributed by atoms with E-state index >= 15 is 0 Å². The Bertz CT molecular complexity index is 498. The Labute approximate surface area is 117 Å². The second kappa shape index (κ2) is 5.75. The average molecular weight is 283 g/mol. The predicted octanol–water partition coefficient (Wildman–Crippen LogP) is 1.78. The summed E-state index contributed by atoms with van der Waals surface area (Å²) in [5, 5.41) is 2.44. The summed E-state index contributed by atoms with van der Waals surface area (Å²) in [4.78, 5) is 16.2. The number of benzene rings is 1. The molecule has 1 aromatic carbocycles. The van der Waals surface area contributed by atoms with Gasteiger partial charge in [0.05, 0.1) is 0 Å². The molecule has 1 aromatic rings. The molecule has 0 aromatic heterocycles. The number of halogens is 2. The van der Waals surface area contributed by atoms with Crippen LogP contribution in [0, 0.1) is 11.6 Å². The van der Waals surface area contributed by atoms with Gasteiger partial charge in [0.15, 0.2) is 0 Å². The van der Waals surface area contributed by atoms with Crippen molar-refractivity contribution in [3.63, 3.8) is 0 Å². The van der Waals surface area contributed by atoms with Gasteiger partial charge in [-0.3, -0.25) is 4.79 Å². The number of likely N-dealkylation sites (N-methyl/N-ethyl adjacent to an activating group) is 1. The number of carbonyl (C=O) groups is 1. The number of rotatable bonds is 2. The lowest BCUT2D eigenvalue weighted by molar-refractivity contribution is 0.0532. The summed E-state index contributed by atoms with van der Waals surface area (Å²) in [5.41, 5.74) is -0.164. The van der Waals surface area contributed by atoms with Crippen molar-refractivity contribution in [2.75, 3.05) is 39.0 Å². The van der Waals surface area contributed by atoms with Crippen LogP contribution in [0.1, 0.15) is 17.3 Å². The van der Waals surface area contributed by atoms with Crippen LogP contribution >= 0.6 is 0 Å². The Kier molecular flexibility index (Phi) is 4.23. The summed E-state index contributed by atoms with van der Waals surface area (Å²) in [6, 6.07) is 2.20. The van der Waals surface area contributed by atoms with Gasteiger partial charge in [0.1, 0.15) is 17.3 Å². The molecule has 1 N–H and O–H groups in total. The molecule has 1 aliphatic rings. The third kappa shape index (κ3) is 2.75. The molecule has 1 amide bonds. The van der Waals surface area contributed by atoms with Crippen LogP contribution in [0.2, 0.25) is 0 Å².